The van der Waals surface area contributed by atoms with E-state index in [1.165, 1.54) is 0 Å². The van der Waals surface area contributed by atoms with Gasteiger partial charge in [-0.3, -0.25) is 0 Å². The van der Waals surface area contributed by atoms with Crippen molar-refractivity contribution in [3.63, 3.8) is 0 Å². The molecule has 1 atom stereocenters. The maximum Gasteiger partial charge on any atom is 0.131 e. The van der Waals surface area contributed by atoms with Gasteiger partial charge in [0.15, 0.2) is 0 Å². The zero-order valence-electron chi connectivity index (χ0n) is 12.6. The number of halogens is 1. The molecular weight excluding hydrogens is 298 g/mol. The highest BCUT2D eigenvalue weighted by Gasteiger charge is 2.16. The highest BCUT2D eigenvalue weighted by molar-refractivity contribution is 6.31. The third kappa shape index (κ3) is 3.61. The van der Waals surface area contributed by atoms with Gasteiger partial charge in [0.1, 0.15) is 11.5 Å². The smallest absolute Gasteiger partial charge is 0.131 e. The maximum atomic E-state index is 6.17. The van der Waals surface area contributed by atoms with Crippen molar-refractivity contribution in [2.75, 3.05) is 19.7 Å². The molecule has 22 heavy (non-hydrogen) atoms. The van der Waals surface area contributed by atoms with Crippen molar-refractivity contribution in [3.8, 4) is 11.5 Å². The zero-order valence-corrected chi connectivity index (χ0v) is 13.4. The van der Waals surface area contributed by atoms with E-state index in [0.29, 0.717) is 0 Å². The van der Waals surface area contributed by atoms with Gasteiger partial charge >= 0.3 is 0 Å². The Hall–Kier alpha value is -1.55. The average Bonchev–Trinajstić information content (AvgIpc) is 2.55. The summed E-state index contributed by atoms with van der Waals surface area (Å²) in [7, 11) is 0. The minimum absolute atomic E-state index is 0.193. The monoisotopic (exact) mass is 317 g/mol. The second kappa shape index (κ2) is 7.14. The van der Waals surface area contributed by atoms with E-state index in [1.807, 2.05) is 43.3 Å². The molecule has 0 saturated carbocycles. The molecule has 3 rings (SSSR count). The molecule has 0 unspecified atom stereocenters. The largest absolute Gasteiger partial charge is 0.457 e. The van der Waals surface area contributed by atoms with Crippen LogP contribution >= 0.6 is 11.6 Å². The Morgan fingerprint density at radius 2 is 2.00 bits per heavy atom. The second-order valence-corrected chi connectivity index (χ2v) is 5.88. The van der Waals surface area contributed by atoms with Crippen LogP contribution < -0.4 is 10.1 Å². The SMILES string of the molecule is Cc1c(Cl)cccc1Oc1ccccc1C[C@H]1CNCCO1. The summed E-state index contributed by atoms with van der Waals surface area (Å²) in [5.41, 5.74) is 2.10. The van der Waals surface area contributed by atoms with Crippen molar-refractivity contribution in [3.05, 3.63) is 58.6 Å². The van der Waals surface area contributed by atoms with Gasteiger partial charge in [0.25, 0.3) is 0 Å². The Balaban J connectivity index is 1.80. The van der Waals surface area contributed by atoms with Crippen LogP contribution in [0.25, 0.3) is 0 Å². The minimum atomic E-state index is 0.193. The summed E-state index contributed by atoms with van der Waals surface area (Å²) in [6.45, 7) is 4.54. The molecule has 1 aliphatic heterocycles. The van der Waals surface area contributed by atoms with Gasteiger partial charge in [-0.2, -0.15) is 0 Å². The van der Waals surface area contributed by atoms with Crippen molar-refractivity contribution in [2.24, 2.45) is 0 Å². The van der Waals surface area contributed by atoms with Crippen LogP contribution in [0.2, 0.25) is 5.02 Å². The lowest BCUT2D eigenvalue weighted by molar-refractivity contribution is 0.0289. The molecule has 116 valence electrons. The minimum Gasteiger partial charge on any atom is -0.457 e. The van der Waals surface area contributed by atoms with Crippen LogP contribution in [0.5, 0.6) is 11.5 Å². The fraction of sp³-hybridized carbons (Fsp3) is 0.333. The lowest BCUT2D eigenvalue weighted by atomic mass is 10.1. The van der Waals surface area contributed by atoms with Crippen molar-refractivity contribution >= 4 is 11.6 Å². The van der Waals surface area contributed by atoms with Crippen LogP contribution in [-0.2, 0) is 11.2 Å². The van der Waals surface area contributed by atoms with Gasteiger partial charge in [0, 0.05) is 30.1 Å². The number of hydrogen-bond donors (Lipinski definition) is 1. The third-order valence-electron chi connectivity index (χ3n) is 3.86. The van der Waals surface area contributed by atoms with Crippen LogP contribution in [0.3, 0.4) is 0 Å². The number of ether oxygens (including phenoxy) is 2. The van der Waals surface area contributed by atoms with Crippen molar-refractivity contribution < 1.29 is 9.47 Å². The zero-order chi connectivity index (χ0) is 15.4. The predicted molar refractivity (Wildman–Crippen MR) is 89.0 cm³/mol. The summed E-state index contributed by atoms with van der Waals surface area (Å²) in [6.07, 6.45) is 1.03. The van der Waals surface area contributed by atoms with Crippen LogP contribution in [0.1, 0.15) is 11.1 Å². The Kier molecular flexibility index (Phi) is 4.98. The molecular formula is C18H20ClNO2. The molecule has 4 heteroatoms. The van der Waals surface area contributed by atoms with E-state index in [2.05, 4.69) is 11.4 Å². The predicted octanol–water partition coefficient (Wildman–Crippen LogP) is 3.97. The van der Waals surface area contributed by atoms with Gasteiger partial charge in [0.05, 0.1) is 12.7 Å². The first-order valence-electron chi connectivity index (χ1n) is 7.57. The molecule has 0 spiro atoms. The van der Waals surface area contributed by atoms with Gasteiger partial charge in [-0.15, -0.1) is 0 Å². The molecule has 1 N–H and O–H groups in total. The number of rotatable bonds is 4. The number of benzene rings is 2. The lowest BCUT2D eigenvalue weighted by Gasteiger charge is -2.24. The first-order valence-corrected chi connectivity index (χ1v) is 7.95. The summed E-state index contributed by atoms with van der Waals surface area (Å²) in [4.78, 5) is 0. The molecule has 0 aliphatic carbocycles. The van der Waals surface area contributed by atoms with Crippen LogP contribution in [-0.4, -0.2) is 25.8 Å². The van der Waals surface area contributed by atoms with E-state index in [4.69, 9.17) is 21.1 Å². The molecule has 3 nitrogen and oxygen atoms in total. The molecule has 0 amide bonds. The summed E-state index contributed by atoms with van der Waals surface area (Å²) in [5.74, 6) is 1.66. The molecule has 0 aromatic heterocycles. The normalized spacial score (nSPS) is 18.2. The van der Waals surface area contributed by atoms with E-state index in [1.54, 1.807) is 0 Å². The Morgan fingerprint density at radius 3 is 2.82 bits per heavy atom. The van der Waals surface area contributed by atoms with Crippen molar-refractivity contribution in [2.45, 2.75) is 19.4 Å². The van der Waals surface area contributed by atoms with E-state index in [-0.39, 0.29) is 6.10 Å². The lowest BCUT2D eigenvalue weighted by Crippen LogP contribution is -2.39. The second-order valence-electron chi connectivity index (χ2n) is 5.47. The summed E-state index contributed by atoms with van der Waals surface area (Å²) >= 11 is 6.17. The fourth-order valence-corrected chi connectivity index (χ4v) is 2.75. The Morgan fingerprint density at radius 1 is 1.18 bits per heavy atom. The molecule has 1 fully saturated rings. The number of nitrogens with one attached hydrogen (secondary N) is 1. The molecule has 0 bridgehead atoms. The van der Waals surface area contributed by atoms with Crippen LogP contribution in [0, 0.1) is 6.92 Å². The molecule has 2 aromatic carbocycles. The third-order valence-corrected chi connectivity index (χ3v) is 4.27. The van der Waals surface area contributed by atoms with Gasteiger partial charge in [-0.1, -0.05) is 35.9 Å². The number of para-hydroxylation sites is 1. The van der Waals surface area contributed by atoms with Gasteiger partial charge in [-0.25, -0.2) is 0 Å². The quantitative estimate of drug-likeness (QED) is 0.925. The molecule has 0 radical (unpaired) electrons. The van der Waals surface area contributed by atoms with Crippen molar-refractivity contribution in [1.82, 2.24) is 5.32 Å². The molecule has 1 heterocycles. The molecule has 1 saturated heterocycles. The standard InChI is InChI=1S/C18H20ClNO2/c1-13-16(19)6-4-8-17(13)22-18-7-3-2-5-14(18)11-15-12-20-9-10-21-15/h2-8,15,20H,9-12H2,1H3/t15-/m0/s1. The maximum absolute atomic E-state index is 6.17. The summed E-state index contributed by atoms with van der Waals surface area (Å²) in [6, 6.07) is 13.8. The van der Waals surface area contributed by atoms with Gasteiger partial charge in [-0.05, 0) is 30.7 Å². The first-order chi connectivity index (χ1) is 10.7. The van der Waals surface area contributed by atoms with E-state index < -0.39 is 0 Å². The first kappa shape index (κ1) is 15.3. The molecule has 1 aliphatic rings. The number of hydrogen-bond acceptors (Lipinski definition) is 3. The van der Waals surface area contributed by atoms with Crippen LogP contribution in [0.15, 0.2) is 42.5 Å². The number of morpholine rings is 1. The topological polar surface area (TPSA) is 30.5 Å². The van der Waals surface area contributed by atoms with Crippen LogP contribution in [0.4, 0.5) is 0 Å². The van der Waals surface area contributed by atoms with Gasteiger partial charge < -0.3 is 14.8 Å². The van der Waals surface area contributed by atoms with E-state index >= 15 is 0 Å². The molecule has 2 aromatic rings. The summed E-state index contributed by atoms with van der Waals surface area (Å²) < 4.78 is 11.9. The van der Waals surface area contributed by atoms with Crippen molar-refractivity contribution in [1.29, 1.82) is 0 Å². The van der Waals surface area contributed by atoms with Gasteiger partial charge in [0.2, 0.25) is 0 Å². The summed E-state index contributed by atoms with van der Waals surface area (Å²) in [5, 5.41) is 4.07. The Bertz CT molecular complexity index is 639. The van der Waals surface area contributed by atoms with E-state index in [9.17, 15) is 0 Å². The Labute approximate surface area is 136 Å². The van der Waals surface area contributed by atoms with E-state index in [0.717, 1.165) is 53.8 Å². The average molecular weight is 318 g/mol. The highest BCUT2D eigenvalue weighted by Crippen LogP contribution is 2.31. The highest BCUT2D eigenvalue weighted by atomic mass is 35.5. The fourth-order valence-electron chi connectivity index (χ4n) is 2.58.